The van der Waals surface area contributed by atoms with E-state index in [1.54, 1.807) is 11.0 Å². The highest BCUT2D eigenvalue weighted by atomic mass is 16.3. The molecule has 0 radical (unpaired) electrons. The number of benzene rings is 1. The molecule has 4 N–H and O–H groups in total. The maximum atomic E-state index is 9.23. The molecule has 0 bridgehead atoms. The molecule has 4 heteroatoms. The predicted molar refractivity (Wildman–Crippen MR) is 48.5 cm³/mol. The predicted octanol–water partition coefficient (Wildman–Crippen LogP) is 0.746. The summed E-state index contributed by atoms with van der Waals surface area (Å²) in [4.78, 5) is 1.76. The number of nitrogens with zero attached hydrogens (tertiary/aromatic N) is 1. The van der Waals surface area contributed by atoms with Crippen molar-refractivity contribution in [3.8, 4) is 11.5 Å². The fourth-order valence-corrected chi connectivity index (χ4v) is 0.976. The van der Waals surface area contributed by atoms with Gasteiger partial charge in [0.05, 0.1) is 5.69 Å². The highest BCUT2D eigenvalue weighted by Gasteiger charge is 2.09. The number of anilines is 2. The summed E-state index contributed by atoms with van der Waals surface area (Å²) < 4.78 is 0. The van der Waals surface area contributed by atoms with Crippen molar-refractivity contribution in [1.29, 1.82) is 0 Å². The lowest BCUT2D eigenvalue weighted by Gasteiger charge is -2.15. The Balaban J connectivity index is 3.27. The summed E-state index contributed by atoms with van der Waals surface area (Å²) in [5, 5.41) is 18.3. The molecule has 0 fully saturated rings. The van der Waals surface area contributed by atoms with Gasteiger partial charge >= 0.3 is 0 Å². The maximum absolute atomic E-state index is 9.23. The van der Waals surface area contributed by atoms with Gasteiger partial charge in [-0.3, -0.25) is 0 Å². The Morgan fingerprint density at radius 1 is 1.25 bits per heavy atom. The van der Waals surface area contributed by atoms with Crippen molar-refractivity contribution >= 4 is 11.4 Å². The topological polar surface area (TPSA) is 69.7 Å². The minimum absolute atomic E-state index is 0.194. The molecule has 0 aliphatic rings. The summed E-state index contributed by atoms with van der Waals surface area (Å²) in [5.41, 5.74) is 6.41. The monoisotopic (exact) mass is 168 g/mol. The van der Waals surface area contributed by atoms with Gasteiger partial charge in [0, 0.05) is 14.1 Å². The first-order chi connectivity index (χ1) is 5.54. The molecule has 4 nitrogen and oxygen atoms in total. The number of hydrogen-bond donors (Lipinski definition) is 3. The van der Waals surface area contributed by atoms with Crippen LogP contribution in [0, 0.1) is 0 Å². The number of phenols is 2. The van der Waals surface area contributed by atoms with Crippen molar-refractivity contribution in [2.45, 2.75) is 0 Å². The molecule has 0 aliphatic heterocycles. The van der Waals surface area contributed by atoms with Crippen molar-refractivity contribution in [2.24, 2.45) is 0 Å². The van der Waals surface area contributed by atoms with Gasteiger partial charge in [0.25, 0.3) is 0 Å². The molecule has 0 spiro atoms. The van der Waals surface area contributed by atoms with Crippen LogP contribution in [0.5, 0.6) is 11.5 Å². The lowest BCUT2D eigenvalue weighted by Crippen LogP contribution is -2.10. The van der Waals surface area contributed by atoms with E-state index < -0.39 is 0 Å². The summed E-state index contributed by atoms with van der Waals surface area (Å²) >= 11 is 0. The van der Waals surface area contributed by atoms with Crippen LogP contribution in [0.15, 0.2) is 12.1 Å². The minimum atomic E-state index is -0.263. The largest absolute Gasteiger partial charge is 0.504 e. The number of phenolic OH excluding ortho intramolecular Hbond substituents is 2. The first-order valence-corrected chi connectivity index (χ1v) is 3.51. The van der Waals surface area contributed by atoms with E-state index in [0.29, 0.717) is 5.69 Å². The SMILES string of the molecule is CN(C)c1ccc(O)c(O)c1N. The summed E-state index contributed by atoms with van der Waals surface area (Å²) in [6.45, 7) is 0. The highest BCUT2D eigenvalue weighted by Crippen LogP contribution is 2.37. The van der Waals surface area contributed by atoms with Crippen molar-refractivity contribution < 1.29 is 10.2 Å². The van der Waals surface area contributed by atoms with Gasteiger partial charge in [0.2, 0.25) is 0 Å². The van der Waals surface area contributed by atoms with Gasteiger partial charge < -0.3 is 20.8 Å². The molecule has 0 atom stereocenters. The first kappa shape index (κ1) is 8.52. The Labute approximate surface area is 70.8 Å². The third kappa shape index (κ3) is 1.23. The second-order valence-electron chi connectivity index (χ2n) is 2.76. The van der Waals surface area contributed by atoms with Crippen molar-refractivity contribution in [2.75, 3.05) is 24.7 Å². The van der Waals surface area contributed by atoms with Crippen LogP contribution in [0.1, 0.15) is 0 Å². The van der Waals surface area contributed by atoms with Crippen molar-refractivity contribution in [1.82, 2.24) is 0 Å². The Bertz CT molecular complexity index is 297. The second kappa shape index (κ2) is 2.81. The number of nitrogens with two attached hydrogens (primary N) is 1. The number of hydrogen-bond acceptors (Lipinski definition) is 4. The molecule has 0 heterocycles. The fraction of sp³-hybridized carbons (Fsp3) is 0.250. The Morgan fingerprint density at radius 2 is 1.83 bits per heavy atom. The average Bonchev–Trinajstić information content (AvgIpc) is 2.00. The van der Waals surface area contributed by atoms with Crippen molar-refractivity contribution in [3.63, 3.8) is 0 Å². The summed E-state index contributed by atoms with van der Waals surface area (Å²) in [6, 6.07) is 3.05. The van der Waals surface area contributed by atoms with Crippen LogP contribution < -0.4 is 10.6 Å². The van der Waals surface area contributed by atoms with Gasteiger partial charge in [-0.25, -0.2) is 0 Å². The third-order valence-electron chi connectivity index (χ3n) is 1.65. The molecule has 0 unspecified atom stereocenters. The standard InChI is InChI=1S/C8H12N2O2/c1-10(2)5-3-4-6(11)8(12)7(5)9/h3-4,11-12H,9H2,1-2H3. The molecular weight excluding hydrogens is 156 g/mol. The van der Waals surface area contributed by atoms with Crippen LogP contribution in [0.4, 0.5) is 11.4 Å². The smallest absolute Gasteiger partial charge is 0.183 e. The number of aromatic hydroxyl groups is 2. The van der Waals surface area contributed by atoms with Gasteiger partial charge in [0.1, 0.15) is 5.69 Å². The summed E-state index contributed by atoms with van der Waals surface area (Å²) in [7, 11) is 3.62. The molecule has 0 saturated carbocycles. The zero-order valence-corrected chi connectivity index (χ0v) is 7.07. The molecule has 66 valence electrons. The van der Waals surface area contributed by atoms with Crippen LogP contribution in [-0.2, 0) is 0 Å². The lowest BCUT2D eigenvalue weighted by molar-refractivity contribution is 0.406. The van der Waals surface area contributed by atoms with E-state index in [1.807, 2.05) is 14.1 Å². The zero-order chi connectivity index (χ0) is 9.30. The van der Waals surface area contributed by atoms with E-state index in [9.17, 15) is 5.11 Å². The summed E-state index contributed by atoms with van der Waals surface area (Å²) in [5.74, 6) is -0.459. The van der Waals surface area contributed by atoms with Gasteiger partial charge in [-0.05, 0) is 12.1 Å². The van der Waals surface area contributed by atoms with Crippen LogP contribution in [0.2, 0.25) is 0 Å². The molecule has 1 aromatic carbocycles. The third-order valence-corrected chi connectivity index (χ3v) is 1.65. The molecule has 12 heavy (non-hydrogen) atoms. The lowest BCUT2D eigenvalue weighted by atomic mass is 10.2. The van der Waals surface area contributed by atoms with Gasteiger partial charge in [-0.1, -0.05) is 0 Å². The van der Waals surface area contributed by atoms with Crippen LogP contribution >= 0.6 is 0 Å². The molecule has 0 aliphatic carbocycles. The summed E-state index contributed by atoms with van der Waals surface area (Å²) in [6.07, 6.45) is 0. The van der Waals surface area contributed by atoms with Crippen LogP contribution in [-0.4, -0.2) is 24.3 Å². The first-order valence-electron chi connectivity index (χ1n) is 3.51. The van der Waals surface area contributed by atoms with E-state index in [1.165, 1.54) is 6.07 Å². The average molecular weight is 168 g/mol. The van der Waals surface area contributed by atoms with Crippen LogP contribution in [0.3, 0.4) is 0 Å². The van der Waals surface area contributed by atoms with Gasteiger partial charge in [0.15, 0.2) is 11.5 Å². The molecule has 0 aromatic heterocycles. The second-order valence-corrected chi connectivity index (χ2v) is 2.76. The molecule has 0 saturated heterocycles. The Kier molecular flexibility index (Phi) is 1.99. The fourth-order valence-electron chi connectivity index (χ4n) is 0.976. The van der Waals surface area contributed by atoms with Gasteiger partial charge in [-0.2, -0.15) is 0 Å². The Morgan fingerprint density at radius 3 is 2.33 bits per heavy atom. The normalized spacial score (nSPS) is 9.83. The van der Waals surface area contributed by atoms with E-state index in [-0.39, 0.29) is 17.2 Å². The van der Waals surface area contributed by atoms with Crippen molar-refractivity contribution in [3.05, 3.63) is 12.1 Å². The molecule has 0 amide bonds. The number of rotatable bonds is 1. The molecule has 1 rings (SSSR count). The zero-order valence-electron chi connectivity index (χ0n) is 7.07. The number of nitrogen functional groups attached to an aromatic ring is 1. The van der Waals surface area contributed by atoms with E-state index in [0.717, 1.165) is 0 Å². The minimum Gasteiger partial charge on any atom is -0.504 e. The quantitative estimate of drug-likeness (QED) is 0.427. The van der Waals surface area contributed by atoms with E-state index in [2.05, 4.69) is 0 Å². The maximum Gasteiger partial charge on any atom is 0.183 e. The Hall–Kier alpha value is -1.58. The molecular formula is C8H12N2O2. The van der Waals surface area contributed by atoms with Gasteiger partial charge in [-0.15, -0.1) is 0 Å². The van der Waals surface area contributed by atoms with E-state index in [4.69, 9.17) is 10.8 Å². The van der Waals surface area contributed by atoms with E-state index >= 15 is 0 Å². The highest BCUT2D eigenvalue weighted by molar-refractivity contribution is 5.76. The molecule has 1 aromatic rings. The van der Waals surface area contributed by atoms with Crippen LogP contribution in [0.25, 0.3) is 0 Å².